The Kier molecular flexibility index (Phi) is 226000000. The Morgan fingerprint density at radius 2 is 0.197 bits per heavy atom. The number of rotatable bonds is 1. The zero-order chi connectivity index (χ0) is 4.99. The molecule has 76 heavy (non-hydrogen) atoms. The standard InChI is InChI=1S/C4H8O2.70H2O/c1-3-6-4(2)5;;;;;;;;;;;;;;;;;;;;;;;;;;;;;;;;;;;;;;;;;;;;;;;;;;;;;;;;;;;;;;;;;;;;;;/h3H2,1-2H3;70*1H2. The molecule has 0 radical (unpaired) electrons. The smallest absolute Gasteiger partial charge is 0.302 e. The van der Waals surface area contributed by atoms with Crippen LogP contribution in [0.4, 0.5) is 0 Å². The summed E-state index contributed by atoms with van der Waals surface area (Å²) in [6, 6.07) is 0. The van der Waals surface area contributed by atoms with Gasteiger partial charge in [-0.2, -0.15) is 0 Å². The fourth-order valence-corrected chi connectivity index (χ4v) is 0.203. The third-order valence-corrected chi connectivity index (χ3v) is 0.348. The summed E-state index contributed by atoms with van der Waals surface area (Å²) in [5, 5.41) is 0. The lowest BCUT2D eigenvalue weighted by molar-refractivity contribution is -0.140. The number of carbonyl (C=O) groups is 1. The van der Waals surface area contributed by atoms with Crippen molar-refractivity contribution in [3.63, 3.8) is 0 Å². The van der Waals surface area contributed by atoms with Crippen molar-refractivity contribution in [3.05, 3.63) is 0 Å². The van der Waals surface area contributed by atoms with Gasteiger partial charge in [-0.05, 0) is 6.92 Å². The summed E-state index contributed by atoms with van der Waals surface area (Å²) in [6.07, 6.45) is 0. The van der Waals surface area contributed by atoms with E-state index in [1.54, 1.807) is 6.92 Å². The maximum Gasteiger partial charge on any atom is 0.302 e. The molecule has 0 bridgehead atoms. The molecule has 140 N–H and O–H groups in total. The zero-order valence-electron chi connectivity index (χ0n) is 39.0. The van der Waals surface area contributed by atoms with E-state index in [0.29, 0.717) is 6.61 Å². The second kappa shape index (κ2) is 128000. The predicted octanol–water partition coefficient (Wildman–Crippen LogP) is -57.2. The molecule has 0 saturated carbocycles. The van der Waals surface area contributed by atoms with Gasteiger partial charge in [0.15, 0.2) is 0 Å². The van der Waals surface area contributed by atoms with E-state index in [9.17, 15) is 4.79 Å². The Labute approximate surface area is 421 Å². The molecule has 0 heterocycles. The quantitative estimate of drug-likeness (QED) is 0.231. The van der Waals surface area contributed by atoms with Crippen molar-refractivity contribution in [1.82, 2.24) is 0 Å². The normalized spacial score (nSPS) is 0.605. The van der Waals surface area contributed by atoms with Crippen molar-refractivity contribution in [2.45, 2.75) is 13.8 Å². The Hall–Kier alpha value is -3.33. The first kappa shape index (κ1) is 134000. The number of hydrogen-bond donors (Lipinski definition) is 0. The summed E-state index contributed by atoms with van der Waals surface area (Å²) in [6.45, 7) is 3.65. The molecule has 0 aromatic rings. The number of esters is 1. The van der Waals surface area contributed by atoms with Crippen molar-refractivity contribution in [1.29, 1.82) is 0 Å². The van der Waals surface area contributed by atoms with Crippen LogP contribution < -0.4 is 0 Å². The maximum absolute atomic E-state index is 9.82. The van der Waals surface area contributed by atoms with Crippen LogP contribution >= 0.6 is 0 Å². The maximum atomic E-state index is 9.82. The highest BCUT2D eigenvalue weighted by molar-refractivity contribution is 5.65. The molecule has 0 unspecified atom stereocenters. The van der Waals surface area contributed by atoms with Gasteiger partial charge in [-0.1, -0.05) is 0 Å². The molecule has 72 heteroatoms. The molecule has 0 aromatic heterocycles. The summed E-state index contributed by atoms with van der Waals surface area (Å²) >= 11 is 0. The topological polar surface area (TPSA) is 2230 Å². The van der Waals surface area contributed by atoms with Crippen LogP contribution in [0.1, 0.15) is 13.8 Å². The van der Waals surface area contributed by atoms with Gasteiger partial charge in [-0.15, -0.1) is 0 Å². The summed E-state index contributed by atoms with van der Waals surface area (Å²) < 4.78 is 4.40. The molecule has 0 aliphatic carbocycles. The lowest BCUT2D eigenvalue weighted by atomic mass is 10.8. The van der Waals surface area contributed by atoms with Gasteiger partial charge in [-0.3, -0.25) is 4.79 Å². The molecule has 596 valence electrons. The average molecular weight is 1350 g/mol. The average Bonchev–Trinajstić information content (AvgIpc) is 1.35. The highest BCUT2D eigenvalue weighted by Gasteiger charge is 1.81. The third kappa shape index (κ3) is 3150000. The first-order valence-electron chi connectivity index (χ1n) is 1.90. The molecule has 0 rings (SSSR count). The Balaban J connectivity index is -0.0000000000518. The molecule has 72 nitrogen and oxygen atoms in total. The minimum atomic E-state index is -0.211. The number of hydrogen-bond acceptors (Lipinski definition) is 2. The van der Waals surface area contributed by atoms with Crippen LogP contribution in [0.3, 0.4) is 0 Å². The Bertz CT molecular complexity index is 66.6. The van der Waals surface area contributed by atoms with Crippen LogP contribution in [0.15, 0.2) is 0 Å². The monoisotopic (exact) mass is 1350 g/mol. The number of ether oxygens (including phenoxy) is 1. The highest BCUT2D eigenvalue weighted by atomic mass is 16.5. The molecule has 0 amide bonds. The largest absolute Gasteiger partial charge is 0.466 e. The van der Waals surface area contributed by atoms with Gasteiger partial charge in [0.2, 0.25) is 0 Å². The van der Waals surface area contributed by atoms with E-state index in [4.69, 9.17) is 0 Å². The van der Waals surface area contributed by atoms with Gasteiger partial charge in [-0.25, -0.2) is 0 Å². The van der Waals surface area contributed by atoms with Crippen LogP contribution in [0.2, 0.25) is 0 Å². The Morgan fingerprint density at radius 3 is 0.197 bits per heavy atom. The van der Waals surface area contributed by atoms with E-state index in [-0.39, 0.29) is 389 Å². The first-order valence-corrected chi connectivity index (χ1v) is 1.90. The molecule has 0 aliphatic rings. The predicted molar refractivity (Wildman–Crippen MR) is 275 cm³/mol. The minimum Gasteiger partial charge on any atom is -0.466 e. The van der Waals surface area contributed by atoms with Crippen molar-refractivity contribution in [2.24, 2.45) is 0 Å². The summed E-state index contributed by atoms with van der Waals surface area (Å²) in [7, 11) is 0. The summed E-state index contributed by atoms with van der Waals surface area (Å²) in [5.41, 5.74) is 0. The van der Waals surface area contributed by atoms with Gasteiger partial charge in [0.05, 0.1) is 6.61 Å². The molecule has 0 aliphatic heterocycles. The molecular formula is C4H148O72. The van der Waals surface area contributed by atoms with Crippen LogP contribution in [0.5, 0.6) is 0 Å². The van der Waals surface area contributed by atoms with Gasteiger partial charge >= 0.3 is 5.97 Å². The molecule has 0 fully saturated rings. The second-order valence-corrected chi connectivity index (χ2v) is 0.925. The van der Waals surface area contributed by atoms with Crippen molar-refractivity contribution in [3.8, 4) is 0 Å². The first-order chi connectivity index (χ1) is 2.77. The van der Waals surface area contributed by atoms with Gasteiger partial charge in [0.25, 0.3) is 0 Å². The van der Waals surface area contributed by atoms with E-state index in [2.05, 4.69) is 4.74 Å². The summed E-state index contributed by atoms with van der Waals surface area (Å²) in [5.74, 6) is -0.211. The molecule has 0 spiro atoms. The minimum absolute atomic E-state index is 0. The van der Waals surface area contributed by atoms with Gasteiger partial charge < -0.3 is 388 Å². The van der Waals surface area contributed by atoms with E-state index >= 15 is 0 Å². The summed E-state index contributed by atoms with van der Waals surface area (Å²) in [4.78, 5) is 9.82. The molecular weight excluding hydrogens is 1200 g/mol. The van der Waals surface area contributed by atoms with Crippen LogP contribution in [-0.2, 0) is 9.53 Å². The van der Waals surface area contributed by atoms with Crippen molar-refractivity contribution < 1.29 is 393 Å². The van der Waals surface area contributed by atoms with E-state index in [1.807, 2.05) is 0 Å². The highest BCUT2D eigenvalue weighted by Crippen LogP contribution is 1.69. The van der Waals surface area contributed by atoms with Crippen molar-refractivity contribution in [2.75, 3.05) is 6.61 Å². The molecule has 0 saturated heterocycles. The van der Waals surface area contributed by atoms with E-state index < -0.39 is 0 Å². The van der Waals surface area contributed by atoms with E-state index in [1.165, 1.54) is 6.92 Å². The third-order valence-electron chi connectivity index (χ3n) is 0.348. The van der Waals surface area contributed by atoms with Gasteiger partial charge in [0, 0.05) is 6.92 Å². The SMILES string of the molecule is CCOC(C)=O.O.O.O.O.O.O.O.O.O.O.O.O.O.O.O.O.O.O.O.O.O.O.O.O.O.O.O.O.O.O.O.O.O.O.O.O.O.O.O.O.O.O.O.O.O.O.O.O.O.O.O.O.O.O.O.O.O.O.O.O.O.O.O.O.O.O.O.O.O.O. The molecule has 0 aromatic carbocycles. The van der Waals surface area contributed by atoms with E-state index in [0.717, 1.165) is 0 Å². The van der Waals surface area contributed by atoms with Crippen LogP contribution in [-0.4, -0.2) is 396 Å². The van der Waals surface area contributed by atoms with Crippen molar-refractivity contribution >= 4 is 5.97 Å². The number of carbonyl (C=O) groups excluding carboxylic acids is 1. The second-order valence-electron chi connectivity index (χ2n) is 0.925. The van der Waals surface area contributed by atoms with Gasteiger partial charge in [0.1, 0.15) is 0 Å². The molecule has 0 atom stereocenters. The zero-order valence-corrected chi connectivity index (χ0v) is 39.0. The van der Waals surface area contributed by atoms with Crippen LogP contribution in [0, 0.1) is 0 Å². The van der Waals surface area contributed by atoms with Crippen LogP contribution in [0.25, 0.3) is 0 Å². The Morgan fingerprint density at radius 1 is 0.158 bits per heavy atom. The lowest BCUT2D eigenvalue weighted by Gasteiger charge is -1.89. The fraction of sp³-hybridized carbons (Fsp3) is 0.750. The lowest BCUT2D eigenvalue weighted by Crippen LogP contribution is -1.95. The fourth-order valence-electron chi connectivity index (χ4n) is 0.203.